The molecule has 0 saturated heterocycles. The predicted molar refractivity (Wildman–Crippen MR) is 117 cm³/mol. The number of pyridine rings is 1. The average molecular weight is 406 g/mol. The summed E-state index contributed by atoms with van der Waals surface area (Å²) in [6.07, 6.45) is 8.43. The van der Waals surface area contributed by atoms with Gasteiger partial charge in [0.1, 0.15) is 5.83 Å². The van der Waals surface area contributed by atoms with Crippen LogP contribution in [0.2, 0.25) is 0 Å². The Morgan fingerprint density at radius 2 is 2.10 bits per heavy atom. The van der Waals surface area contributed by atoms with Crippen LogP contribution in [0.3, 0.4) is 0 Å². The Kier molecular flexibility index (Phi) is 4.94. The third kappa shape index (κ3) is 3.79. The molecule has 146 valence electrons. The molecule has 2 N–H and O–H groups in total. The number of nitrogens with zero attached hydrogens (tertiary/aromatic N) is 5. The maximum Gasteiger partial charge on any atom is 0.172 e. The van der Waals surface area contributed by atoms with E-state index in [-0.39, 0.29) is 5.70 Å². The number of allylic oxidation sites excluding steroid dienone is 3. The summed E-state index contributed by atoms with van der Waals surface area (Å²) in [6, 6.07) is 7.73. The van der Waals surface area contributed by atoms with E-state index in [1.807, 2.05) is 43.7 Å². The standard InChI is InChI=1S/C21H19FN6S/c1-13-19(22)8-15(16-9-26-27(3)11-16)12-28(13)21(24-2)29-18-4-5-20-14(7-18)6-17(23)10-25-20/h4-12H,1,23H2,2-3H3/b24-21+. The lowest BCUT2D eigenvalue weighted by molar-refractivity contribution is 0.576. The maximum absolute atomic E-state index is 14.6. The molecule has 0 atom stereocenters. The van der Waals surface area contributed by atoms with Crippen molar-refractivity contribution in [3.8, 4) is 0 Å². The van der Waals surface area contributed by atoms with Gasteiger partial charge >= 0.3 is 0 Å². The summed E-state index contributed by atoms with van der Waals surface area (Å²) >= 11 is 1.41. The molecule has 0 spiro atoms. The van der Waals surface area contributed by atoms with Crippen LogP contribution in [0.5, 0.6) is 0 Å². The van der Waals surface area contributed by atoms with Crippen molar-refractivity contribution in [3.05, 3.63) is 78.8 Å². The first-order chi connectivity index (χ1) is 13.9. The summed E-state index contributed by atoms with van der Waals surface area (Å²) in [6.45, 7) is 3.88. The summed E-state index contributed by atoms with van der Waals surface area (Å²) in [7, 11) is 3.49. The Labute approximate surface area is 171 Å². The molecule has 0 aliphatic carbocycles. The molecule has 0 unspecified atom stereocenters. The SMILES string of the molecule is C=C1C(F)=CC(c2cnn(C)c2)=CN1/C(=N\C)Sc1ccc2ncc(N)cc2c1. The molecule has 3 aromatic rings. The van der Waals surface area contributed by atoms with Crippen molar-refractivity contribution in [3.63, 3.8) is 0 Å². The summed E-state index contributed by atoms with van der Waals surface area (Å²) in [5, 5.41) is 5.69. The van der Waals surface area contributed by atoms with Crippen molar-refractivity contribution >= 4 is 39.1 Å². The molecular formula is C21H19FN6S. The minimum atomic E-state index is -0.413. The molecule has 1 aliphatic rings. The molecule has 1 aliphatic heterocycles. The van der Waals surface area contributed by atoms with E-state index < -0.39 is 5.83 Å². The second-order valence-corrected chi connectivity index (χ2v) is 7.57. The quantitative estimate of drug-likeness (QED) is 0.389. The number of hydrogen-bond acceptors (Lipinski definition) is 5. The maximum atomic E-state index is 14.6. The number of fused-ring (bicyclic) bond motifs is 1. The average Bonchev–Trinajstić information content (AvgIpc) is 3.14. The molecule has 0 amide bonds. The zero-order valence-corrected chi connectivity index (χ0v) is 16.8. The fourth-order valence-electron chi connectivity index (χ4n) is 2.99. The molecule has 4 rings (SSSR count). The fraction of sp³-hybridized carbons (Fsp3) is 0.0952. The highest BCUT2D eigenvalue weighted by molar-refractivity contribution is 8.13. The first-order valence-electron chi connectivity index (χ1n) is 8.81. The van der Waals surface area contributed by atoms with Crippen LogP contribution in [0.25, 0.3) is 16.5 Å². The summed E-state index contributed by atoms with van der Waals surface area (Å²) in [5.74, 6) is -0.413. The predicted octanol–water partition coefficient (Wildman–Crippen LogP) is 4.35. The monoisotopic (exact) mass is 406 g/mol. The number of anilines is 1. The molecule has 2 aromatic heterocycles. The largest absolute Gasteiger partial charge is 0.397 e. The van der Waals surface area contributed by atoms with Gasteiger partial charge in [-0.05, 0) is 30.3 Å². The molecular weight excluding hydrogens is 387 g/mol. The van der Waals surface area contributed by atoms with Gasteiger partial charge in [0.2, 0.25) is 0 Å². The number of nitrogen functional groups attached to an aromatic ring is 1. The number of thioether (sulfide) groups is 1. The van der Waals surface area contributed by atoms with E-state index >= 15 is 0 Å². The van der Waals surface area contributed by atoms with Gasteiger partial charge in [-0.25, -0.2) is 4.39 Å². The van der Waals surface area contributed by atoms with Gasteiger partial charge < -0.3 is 5.73 Å². The van der Waals surface area contributed by atoms with E-state index in [0.717, 1.165) is 21.4 Å². The van der Waals surface area contributed by atoms with E-state index in [9.17, 15) is 4.39 Å². The van der Waals surface area contributed by atoms with Crippen molar-refractivity contribution in [2.75, 3.05) is 12.8 Å². The van der Waals surface area contributed by atoms with E-state index in [2.05, 4.69) is 21.7 Å². The zero-order chi connectivity index (χ0) is 20.5. The van der Waals surface area contributed by atoms with Crippen molar-refractivity contribution in [1.29, 1.82) is 0 Å². The van der Waals surface area contributed by atoms with E-state index in [0.29, 0.717) is 16.4 Å². The second-order valence-electron chi connectivity index (χ2n) is 6.53. The van der Waals surface area contributed by atoms with E-state index in [4.69, 9.17) is 5.73 Å². The first kappa shape index (κ1) is 18.9. The smallest absolute Gasteiger partial charge is 0.172 e. The highest BCUT2D eigenvalue weighted by atomic mass is 32.2. The Morgan fingerprint density at radius 1 is 1.28 bits per heavy atom. The Balaban J connectivity index is 1.67. The van der Waals surface area contributed by atoms with Gasteiger partial charge in [-0.3, -0.25) is 19.6 Å². The fourth-order valence-corrected chi connectivity index (χ4v) is 3.87. The lowest BCUT2D eigenvalue weighted by atomic mass is 10.1. The van der Waals surface area contributed by atoms with Gasteiger partial charge in [0, 0.05) is 47.9 Å². The normalized spacial score (nSPS) is 14.9. The van der Waals surface area contributed by atoms with Crippen LogP contribution < -0.4 is 5.73 Å². The van der Waals surface area contributed by atoms with Crippen molar-refractivity contribution in [2.45, 2.75) is 4.90 Å². The molecule has 0 radical (unpaired) electrons. The minimum Gasteiger partial charge on any atom is -0.397 e. The van der Waals surface area contributed by atoms with Crippen LogP contribution in [-0.4, -0.2) is 31.9 Å². The molecule has 0 fully saturated rings. The van der Waals surface area contributed by atoms with E-state index in [1.54, 1.807) is 29.0 Å². The van der Waals surface area contributed by atoms with Crippen LogP contribution in [-0.2, 0) is 7.05 Å². The summed E-state index contributed by atoms with van der Waals surface area (Å²) in [5.41, 5.74) is 9.05. The summed E-state index contributed by atoms with van der Waals surface area (Å²) < 4.78 is 16.3. The van der Waals surface area contributed by atoms with Gasteiger partial charge in [0.05, 0.1) is 29.3 Å². The number of aryl methyl sites for hydroxylation is 1. The summed E-state index contributed by atoms with van der Waals surface area (Å²) in [4.78, 5) is 11.3. The van der Waals surface area contributed by atoms with Gasteiger partial charge in [-0.1, -0.05) is 18.3 Å². The van der Waals surface area contributed by atoms with Crippen LogP contribution >= 0.6 is 11.8 Å². The molecule has 0 saturated carbocycles. The molecule has 3 heterocycles. The first-order valence-corrected chi connectivity index (χ1v) is 9.63. The van der Waals surface area contributed by atoms with Gasteiger partial charge in [0.25, 0.3) is 0 Å². The molecule has 1 aromatic carbocycles. The van der Waals surface area contributed by atoms with Crippen LogP contribution in [0.1, 0.15) is 5.56 Å². The van der Waals surface area contributed by atoms with Crippen LogP contribution in [0.4, 0.5) is 10.1 Å². The van der Waals surface area contributed by atoms with Crippen molar-refractivity contribution < 1.29 is 4.39 Å². The molecule has 8 heteroatoms. The second kappa shape index (κ2) is 7.56. The minimum absolute atomic E-state index is 0.234. The van der Waals surface area contributed by atoms with Crippen molar-refractivity contribution in [1.82, 2.24) is 19.7 Å². The Bertz CT molecular complexity index is 1210. The van der Waals surface area contributed by atoms with Gasteiger partial charge in [-0.15, -0.1) is 0 Å². The Morgan fingerprint density at radius 3 is 2.83 bits per heavy atom. The van der Waals surface area contributed by atoms with E-state index in [1.165, 1.54) is 17.8 Å². The molecule has 29 heavy (non-hydrogen) atoms. The number of benzene rings is 1. The van der Waals surface area contributed by atoms with Crippen LogP contribution in [0.15, 0.2) is 83.1 Å². The third-order valence-electron chi connectivity index (χ3n) is 4.44. The number of amidine groups is 1. The number of rotatable bonds is 2. The zero-order valence-electron chi connectivity index (χ0n) is 16.0. The molecule has 6 nitrogen and oxygen atoms in total. The third-order valence-corrected chi connectivity index (χ3v) is 5.49. The molecule has 0 bridgehead atoms. The topological polar surface area (TPSA) is 72.3 Å². The van der Waals surface area contributed by atoms with Gasteiger partial charge in [-0.2, -0.15) is 5.10 Å². The lowest BCUT2D eigenvalue weighted by Gasteiger charge is -2.26. The number of aromatic nitrogens is 3. The van der Waals surface area contributed by atoms with Crippen molar-refractivity contribution in [2.24, 2.45) is 12.0 Å². The highest BCUT2D eigenvalue weighted by Crippen LogP contribution is 2.34. The number of aliphatic imine (C=N–C) groups is 1. The number of halogens is 1. The number of nitrogens with two attached hydrogens (primary N) is 1. The Hall–Kier alpha value is -3.39. The lowest BCUT2D eigenvalue weighted by Crippen LogP contribution is -2.25. The number of hydrogen-bond donors (Lipinski definition) is 1. The highest BCUT2D eigenvalue weighted by Gasteiger charge is 2.23. The van der Waals surface area contributed by atoms with Gasteiger partial charge in [0.15, 0.2) is 5.17 Å². The van der Waals surface area contributed by atoms with Crippen LogP contribution in [0, 0.1) is 0 Å².